The van der Waals surface area contributed by atoms with Crippen LogP contribution in [0.4, 0.5) is 5.69 Å². The van der Waals surface area contributed by atoms with Crippen LogP contribution in [0.25, 0.3) is 0 Å². The van der Waals surface area contributed by atoms with Crippen molar-refractivity contribution >= 4 is 69.6 Å². The quantitative estimate of drug-likeness (QED) is 0.280. The van der Waals surface area contributed by atoms with Gasteiger partial charge in [-0.2, -0.15) is 0 Å². The SMILES string of the molecule is O=C(NC(Nc1ccc(Cl)c(Cl)c1)C(Cl)(Cl)Cl)C(c1ccccc1)c1ccccc1. The Balaban J connectivity index is 1.89. The summed E-state index contributed by atoms with van der Waals surface area (Å²) >= 11 is 30.5. The summed E-state index contributed by atoms with van der Waals surface area (Å²) in [5.74, 6) is -0.908. The third-order valence-corrected chi connectivity index (χ3v) is 5.77. The molecule has 0 aromatic heterocycles. The van der Waals surface area contributed by atoms with Crippen molar-refractivity contribution in [2.24, 2.45) is 0 Å². The minimum Gasteiger partial charge on any atom is -0.362 e. The van der Waals surface area contributed by atoms with Crippen molar-refractivity contribution in [2.75, 3.05) is 5.32 Å². The van der Waals surface area contributed by atoms with Gasteiger partial charge in [0.05, 0.1) is 16.0 Å². The molecule has 0 heterocycles. The topological polar surface area (TPSA) is 41.1 Å². The molecule has 3 rings (SSSR count). The van der Waals surface area contributed by atoms with Gasteiger partial charge in [-0.1, -0.05) is 119 Å². The molecule has 1 amide bonds. The standard InChI is InChI=1S/C22H17Cl5N2O/c23-17-12-11-16(13-18(17)24)28-21(22(25,26)27)29-20(30)19(14-7-3-1-4-8-14)15-9-5-2-6-10-15/h1-13,19,21,28H,(H,29,30). The molecule has 3 aromatic carbocycles. The Morgan fingerprint density at radius 3 is 1.77 bits per heavy atom. The first-order valence-corrected chi connectivity index (χ1v) is 10.8. The number of anilines is 1. The lowest BCUT2D eigenvalue weighted by Gasteiger charge is -2.29. The van der Waals surface area contributed by atoms with Gasteiger partial charge in [-0.3, -0.25) is 4.79 Å². The third-order valence-electron chi connectivity index (χ3n) is 4.37. The number of hydrogen-bond donors (Lipinski definition) is 2. The highest BCUT2D eigenvalue weighted by molar-refractivity contribution is 6.68. The van der Waals surface area contributed by atoms with E-state index in [4.69, 9.17) is 58.0 Å². The summed E-state index contributed by atoms with van der Waals surface area (Å²) in [5.41, 5.74) is 2.18. The number of halogens is 5. The number of alkyl halides is 3. The summed E-state index contributed by atoms with van der Waals surface area (Å²) in [7, 11) is 0. The van der Waals surface area contributed by atoms with Crippen LogP contribution in [-0.4, -0.2) is 15.9 Å². The molecule has 1 unspecified atom stereocenters. The van der Waals surface area contributed by atoms with Crippen LogP contribution < -0.4 is 10.6 Å². The van der Waals surface area contributed by atoms with Crippen molar-refractivity contribution in [1.29, 1.82) is 0 Å². The molecule has 0 aliphatic rings. The summed E-state index contributed by atoms with van der Waals surface area (Å²) in [6.45, 7) is 0. The van der Waals surface area contributed by atoms with Crippen molar-refractivity contribution < 1.29 is 4.79 Å². The Bertz CT molecular complexity index is 954. The number of amides is 1. The maximum Gasteiger partial charge on any atom is 0.233 e. The Morgan fingerprint density at radius 2 is 1.30 bits per heavy atom. The molecule has 156 valence electrons. The Hall–Kier alpha value is -1.62. The molecule has 3 nitrogen and oxygen atoms in total. The number of carbonyl (C=O) groups excluding carboxylic acids is 1. The lowest BCUT2D eigenvalue weighted by molar-refractivity contribution is -0.122. The van der Waals surface area contributed by atoms with E-state index in [1.54, 1.807) is 18.2 Å². The molecule has 3 aromatic rings. The molecule has 0 aliphatic heterocycles. The highest BCUT2D eigenvalue weighted by Gasteiger charge is 2.36. The number of nitrogens with one attached hydrogen (secondary N) is 2. The van der Waals surface area contributed by atoms with E-state index in [0.717, 1.165) is 11.1 Å². The van der Waals surface area contributed by atoms with Crippen LogP contribution in [0, 0.1) is 0 Å². The zero-order valence-corrected chi connectivity index (χ0v) is 19.2. The molecule has 2 N–H and O–H groups in total. The molecule has 0 saturated heterocycles. The summed E-state index contributed by atoms with van der Waals surface area (Å²) in [6.07, 6.45) is -1.03. The van der Waals surface area contributed by atoms with Crippen molar-refractivity contribution in [3.63, 3.8) is 0 Å². The molecule has 0 aliphatic carbocycles. The Labute approximate surface area is 200 Å². The normalized spacial score (nSPS) is 12.5. The van der Waals surface area contributed by atoms with Crippen LogP contribution in [0.15, 0.2) is 78.9 Å². The molecule has 30 heavy (non-hydrogen) atoms. The van der Waals surface area contributed by atoms with Crippen molar-refractivity contribution in [2.45, 2.75) is 15.9 Å². The maximum absolute atomic E-state index is 13.3. The second-order valence-corrected chi connectivity index (χ2v) is 9.69. The predicted molar refractivity (Wildman–Crippen MR) is 127 cm³/mol. The van der Waals surface area contributed by atoms with E-state index in [2.05, 4.69) is 10.6 Å². The summed E-state index contributed by atoms with van der Waals surface area (Å²) < 4.78 is -1.83. The largest absolute Gasteiger partial charge is 0.362 e. The number of carbonyl (C=O) groups is 1. The molecule has 0 radical (unpaired) electrons. The summed E-state index contributed by atoms with van der Waals surface area (Å²) in [6, 6.07) is 23.7. The van der Waals surface area contributed by atoms with Crippen LogP contribution in [0.3, 0.4) is 0 Å². The van der Waals surface area contributed by atoms with Crippen LogP contribution in [0.2, 0.25) is 10.0 Å². The van der Waals surface area contributed by atoms with Gasteiger partial charge in [0.1, 0.15) is 6.17 Å². The average Bonchev–Trinajstić information content (AvgIpc) is 2.71. The minimum absolute atomic E-state index is 0.323. The average molecular weight is 503 g/mol. The molecule has 0 fully saturated rings. The minimum atomic E-state index is -1.83. The first kappa shape index (κ1) is 23.1. The van der Waals surface area contributed by atoms with Crippen LogP contribution in [-0.2, 0) is 4.79 Å². The fourth-order valence-corrected chi connectivity index (χ4v) is 3.59. The Kier molecular flexibility index (Phi) is 7.78. The van der Waals surface area contributed by atoms with Crippen LogP contribution in [0.5, 0.6) is 0 Å². The van der Waals surface area contributed by atoms with Crippen molar-refractivity contribution in [3.8, 4) is 0 Å². The van der Waals surface area contributed by atoms with Gasteiger partial charge < -0.3 is 10.6 Å². The van der Waals surface area contributed by atoms with Crippen molar-refractivity contribution in [1.82, 2.24) is 5.32 Å². The highest BCUT2D eigenvalue weighted by atomic mass is 35.6. The monoisotopic (exact) mass is 500 g/mol. The molecule has 0 spiro atoms. The molecular formula is C22H17Cl5N2O. The van der Waals surface area contributed by atoms with Gasteiger partial charge in [-0.15, -0.1) is 0 Å². The van der Waals surface area contributed by atoms with Gasteiger partial charge in [0.15, 0.2) is 0 Å². The van der Waals surface area contributed by atoms with E-state index in [0.29, 0.717) is 15.7 Å². The molecule has 1 atom stereocenters. The number of hydrogen-bond acceptors (Lipinski definition) is 2. The van der Waals surface area contributed by atoms with Gasteiger partial charge in [0, 0.05) is 5.69 Å². The first-order valence-electron chi connectivity index (χ1n) is 8.94. The van der Waals surface area contributed by atoms with Crippen molar-refractivity contribution in [3.05, 3.63) is 100 Å². The summed E-state index contributed by atoms with van der Waals surface area (Å²) in [4.78, 5) is 13.3. The zero-order chi connectivity index (χ0) is 21.7. The van der Waals surface area contributed by atoms with E-state index in [1.807, 2.05) is 60.7 Å². The van der Waals surface area contributed by atoms with Gasteiger partial charge in [-0.05, 0) is 29.3 Å². The Morgan fingerprint density at radius 1 is 0.767 bits per heavy atom. The fourth-order valence-electron chi connectivity index (χ4n) is 2.96. The number of benzene rings is 3. The van der Waals surface area contributed by atoms with Gasteiger partial charge in [0.2, 0.25) is 9.70 Å². The van der Waals surface area contributed by atoms with Crippen LogP contribution >= 0.6 is 58.0 Å². The number of rotatable bonds is 6. The second-order valence-electron chi connectivity index (χ2n) is 6.51. The maximum atomic E-state index is 13.3. The van der Waals surface area contributed by atoms with E-state index in [9.17, 15) is 4.79 Å². The van der Waals surface area contributed by atoms with Gasteiger partial charge in [0.25, 0.3) is 0 Å². The smallest absolute Gasteiger partial charge is 0.233 e. The zero-order valence-electron chi connectivity index (χ0n) is 15.5. The first-order chi connectivity index (χ1) is 14.3. The summed E-state index contributed by atoms with van der Waals surface area (Å²) in [5, 5.41) is 6.55. The molecule has 8 heteroatoms. The van der Waals surface area contributed by atoms with E-state index in [1.165, 1.54) is 0 Å². The predicted octanol–water partition coefficient (Wildman–Crippen LogP) is 7.05. The van der Waals surface area contributed by atoms with E-state index < -0.39 is 15.9 Å². The van der Waals surface area contributed by atoms with E-state index >= 15 is 0 Å². The van der Waals surface area contributed by atoms with Gasteiger partial charge >= 0.3 is 0 Å². The fraction of sp³-hybridized carbons (Fsp3) is 0.136. The molecule has 0 saturated carbocycles. The lowest BCUT2D eigenvalue weighted by atomic mass is 9.90. The lowest BCUT2D eigenvalue weighted by Crippen LogP contribution is -2.50. The molecule has 0 bridgehead atoms. The van der Waals surface area contributed by atoms with Crippen LogP contribution in [0.1, 0.15) is 17.0 Å². The highest BCUT2D eigenvalue weighted by Crippen LogP contribution is 2.34. The second kappa shape index (κ2) is 10.1. The third kappa shape index (κ3) is 5.96. The van der Waals surface area contributed by atoms with E-state index in [-0.39, 0.29) is 5.91 Å². The van der Waals surface area contributed by atoms with Gasteiger partial charge in [-0.25, -0.2) is 0 Å². The molecular weight excluding hydrogens is 486 g/mol.